The molecular formula is C36H31N5O4S2. The third-order valence-electron chi connectivity index (χ3n) is 8.17. The van der Waals surface area contributed by atoms with Crippen molar-refractivity contribution in [2.75, 3.05) is 11.5 Å². The molecule has 0 saturated carbocycles. The first-order valence-corrected chi connectivity index (χ1v) is 17.2. The van der Waals surface area contributed by atoms with Gasteiger partial charge in [-0.1, -0.05) is 97.1 Å². The second-order valence-corrected chi connectivity index (χ2v) is 13.4. The minimum Gasteiger partial charge on any atom is -0.505 e. The Labute approximate surface area is 279 Å². The molecule has 1 fully saturated rings. The van der Waals surface area contributed by atoms with E-state index in [9.17, 15) is 14.7 Å². The number of nitrogens with zero attached hydrogens (tertiary/aromatic N) is 5. The molecule has 1 N–H and O–H groups in total. The average molecular weight is 662 g/mol. The normalized spacial score (nSPS) is 16.0. The quantitative estimate of drug-likeness (QED) is 0.0397. The van der Waals surface area contributed by atoms with Gasteiger partial charge in [-0.05, 0) is 59.5 Å². The molecule has 11 heteroatoms. The molecule has 9 nitrogen and oxygen atoms in total. The van der Waals surface area contributed by atoms with Crippen molar-refractivity contribution in [2.24, 2.45) is 0 Å². The van der Waals surface area contributed by atoms with E-state index in [1.807, 2.05) is 60.7 Å². The van der Waals surface area contributed by atoms with Crippen molar-refractivity contribution in [3.63, 3.8) is 0 Å². The van der Waals surface area contributed by atoms with Gasteiger partial charge in [0.2, 0.25) is 5.13 Å². The van der Waals surface area contributed by atoms with E-state index in [-0.39, 0.29) is 16.5 Å². The minimum absolute atomic E-state index is 0.0384. The number of pyridine rings is 1. The third kappa shape index (κ3) is 5.77. The highest BCUT2D eigenvalue weighted by Crippen LogP contribution is 2.45. The van der Waals surface area contributed by atoms with Crippen LogP contribution in [0.1, 0.15) is 48.3 Å². The van der Waals surface area contributed by atoms with E-state index in [1.54, 1.807) is 17.5 Å². The summed E-state index contributed by atoms with van der Waals surface area (Å²) in [5.74, 6) is -0.551. The van der Waals surface area contributed by atoms with Crippen molar-refractivity contribution in [1.82, 2.24) is 19.6 Å². The number of hydrogen-bond acceptors (Lipinski definition) is 9. The smallest absolute Gasteiger partial charge is 0.301 e. The number of amides is 1. The number of unbranched alkanes of at least 4 members (excludes halogenated alkanes) is 1. The highest BCUT2D eigenvalue weighted by atomic mass is 32.2. The summed E-state index contributed by atoms with van der Waals surface area (Å²) in [5.41, 5.74) is 3.25. The summed E-state index contributed by atoms with van der Waals surface area (Å²) in [5, 5.41) is 23.2. The monoisotopic (exact) mass is 661 g/mol. The average Bonchev–Trinajstić information content (AvgIpc) is 3.77. The van der Waals surface area contributed by atoms with Crippen LogP contribution in [0.5, 0.6) is 5.75 Å². The molecule has 47 heavy (non-hydrogen) atoms. The number of rotatable bonds is 10. The molecule has 1 aliphatic rings. The number of imidazole rings is 1. The molecule has 0 bridgehead atoms. The number of ketones is 1. The van der Waals surface area contributed by atoms with Gasteiger partial charge in [-0.15, -0.1) is 10.2 Å². The maximum atomic E-state index is 13.8. The first kappa shape index (κ1) is 30.6. The first-order valence-electron chi connectivity index (χ1n) is 15.4. The van der Waals surface area contributed by atoms with Crippen LogP contribution in [0.3, 0.4) is 0 Å². The Hall–Kier alpha value is -5.00. The number of carbonyl (C=O) groups is 2. The maximum Gasteiger partial charge on any atom is 0.301 e. The summed E-state index contributed by atoms with van der Waals surface area (Å²) in [4.78, 5) is 33.5. The number of aromatic nitrogens is 4. The fourth-order valence-electron chi connectivity index (χ4n) is 5.87. The fourth-order valence-corrected chi connectivity index (χ4v) is 7.74. The Kier molecular flexibility index (Phi) is 8.48. The summed E-state index contributed by atoms with van der Waals surface area (Å²) in [7, 11) is 0. The number of carbonyl (C=O) groups excluding carboxylic acids is 2. The summed E-state index contributed by atoms with van der Waals surface area (Å²) in [6, 6.07) is 26.2. The standard InChI is InChI=1S/C36H31N5O4S2/c1-3-4-20-45-26-17-15-24(16-18-26)31-29(32(42)30-22(2)37-28-14-7-8-19-40(28)30)33(43)34(44)41(31)35-38-39-36(47-35)46-21-25-12-9-11-23-10-5-6-13-27(23)25/h5-19,31,42H,3-4,20-21H2,1-2H3/b32-29+. The number of anilines is 1. The van der Waals surface area contributed by atoms with Gasteiger partial charge >= 0.3 is 5.91 Å². The predicted molar refractivity (Wildman–Crippen MR) is 185 cm³/mol. The van der Waals surface area contributed by atoms with Crippen LogP contribution in [0, 0.1) is 6.92 Å². The zero-order chi connectivity index (χ0) is 32.5. The van der Waals surface area contributed by atoms with E-state index < -0.39 is 17.7 Å². The zero-order valence-corrected chi connectivity index (χ0v) is 27.4. The lowest BCUT2D eigenvalue weighted by atomic mass is 9.96. The SMILES string of the molecule is CCCCOc1ccc(C2/C(=C(\O)c3c(C)nc4ccccn34)C(=O)C(=O)N2c2nnc(SCc3cccc4ccccc34)s2)cc1. The molecule has 3 aromatic heterocycles. The van der Waals surface area contributed by atoms with Gasteiger partial charge in [0, 0.05) is 11.9 Å². The number of aliphatic hydroxyl groups is 1. The number of Topliss-reactive ketones (excluding diaryl/α,β-unsaturated/α-hetero) is 1. The summed E-state index contributed by atoms with van der Waals surface area (Å²) in [6.07, 6.45) is 3.71. The maximum absolute atomic E-state index is 13.8. The van der Waals surface area contributed by atoms with Crippen LogP contribution < -0.4 is 9.64 Å². The van der Waals surface area contributed by atoms with E-state index in [0.29, 0.717) is 45.0 Å². The van der Waals surface area contributed by atoms with Gasteiger partial charge < -0.3 is 9.84 Å². The molecule has 1 saturated heterocycles. The van der Waals surface area contributed by atoms with Crippen LogP contribution in [-0.2, 0) is 15.3 Å². The highest BCUT2D eigenvalue weighted by molar-refractivity contribution is 8.00. The number of aryl methyl sites for hydroxylation is 1. The molecule has 0 spiro atoms. The molecule has 3 aromatic carbocycles. The summed E-state index contributed by atoms with van der Waals surface area (Å²) >= 11 is 2.76. The zero-order valence-electron chi connectivity index (χ0n) is 25.8. The van der Waals surface area contributed by atoms with Crippen molar-refractivity contribution >= 4 is 62.1 Å². The van der Waals surface area contributed by atoms with E-state index in [1.165, 1.54) is 33.4 Å². The predicted octanol–water partition coefficient (Wildman–Crippen LogP) is 7.74. The second kappa shape index (κ2) is 13.0. The Bertz CT molecular complexity index is 2150. The molecule has 1 unspecified atom stereocenters. The molecule has 1 atom stereocenters. The Morgan fingerprint density at radius 1 is 0.979 bits per heavy atom. The molecule has 7 rings (SSSR count). The third-order valence-corrected chi connectivity index (χ3v) is 10.3. The van der Waals surface area contributed by atoms with Crippen LogP contribution in [0.15, 0.2) is 101 Å². The van der Waals surface area contributed by atoms with E-state index in [2.05, 4.69) is 46.4 Å². The topological polar surface area (TPSA) is 110 Å². The van der Waals surface area contributed by atoms with Gasteiger partial charge in [-0.25, -0.2) is 4.98 Å². The number of ether oxygens (including phenoxy) is 1. The van der Waals surface area contributed by atoms with Crippen LogP contribution in [0.2, 0.25) is 0 Å². The number of thioether (sulfide) groups is 1. The summed E-state index contributed by atoms with van der Waals surface area (Å²) in [6.45, 7) is 4.45. The van der Waals surface area contributed by atoms with Crippen molar-refractivity contribution in [3.05, 3.63) is 119 Å². The molecular weight excluding hydrogens is 631 g/mol. The first-order chi connectivity index (χ1) is 22.9. The van der Waals surface area contributed by atoms with Gasteiger partial charge in [0.15, 0.2) is 10.1 Å². The van der Waals surface area contributed by atoms with E-state index in [4.69, 9.17) is 4.74 Å². The number of benzene rings is 3. The van der Waals surface area contributed by atoms with Crippen molar-refractivity contribution in [3.8, 4) is 5.75 Å². The van der Waals surface area contributed by atoms with Crippen molar-refractivity contribution in [2.45, 2.75) is 42.8 Å². The summed E-state index contributed by atoms with van der Waals surface area (Å²) < 4.78 is 8.24. The van der Waals surface area contributed by atoms with Crippen LogP contribution in [0.25, 0.3) is 22.2 Å². The Morgan fingerprint density at radius 2 is 1.77 bits per heavy atom. The van der Waals surface area contributed by atoms with Gasteiger partial charge in [0.1, 0.15) is 17.1 Å². The molecule has 4 heterocycles. The van der Waals surface area contributed by atoms with Gasteiger partial charge in [0.05, 0.1) is 23.9 Å². The van der Waals surface area contributed by atoms with Crippen LogP contribution in [0.4, 0.5) is 5.13 Å². The second-order valence-electron chi connectivity index (χ2n) is 11.2. The van der Waals surface area contributed by atoms with Gasteiger partial charge in [-0.3, -0.25) is 18.9 Å². The minimum atomic E-state index is -0.947. The molecule has 1 amide bonds. The highest BCUT2D eigenvalue weighted by Gasteiger charge is 2.49. The van der Waals surface area contributed by atoms with Gasteiger partial charge in [-0.2, -0.15) is 0 Å². The van der Waals surface area contributed by atoms with Crippen molar-refractivity contribution < 1.29 is 19.4 Å². The Morgan fingerprint density at radius 3 is 2.60 bits per heavy atom. The van der Waals surface area contributed by atoms with E-state index >= 15 is 0 Å². The number of fused-ring (bicyclic) bond motifs is 2. The lowest BCUT2D eigenvalue weighted by Gasteiger charge is -2.22. The molecule has 0 radical (unpaired) electrons. The van der Waals surface area contributed by atoms with E-state index in [0.717, 1.165) is 23.8 Å². The van der Waals surface area contributed by atoms with Crippen molar-refractivity contribution in [1.29, 1.82) is 0 Å². The van der Waals surface area contributed by atoms with Crippen LogP contribution in [-0.4, -0.2) is 43.0 Å². The lowest BCUT2D eigenvalue weighted by molar-refractivity contribution is -0.132. The van der Waals surface area contributed by atoms with Gasteiger partial charge in [0.25, 0.3) is 5.78 Å². The largest absolute Gasteiger partial charge is 0.505 e. The van der Waals surface area contributed by atoms with Crippen LogP contribution >= 0.6 is 23.1 Å². The molecule has 236 valence electrons. The fraction of sp³-hybridized carbons (Fsp3) is 0.194. The molecule has 0 aliphatic carbocycles. The Balaban J connectivity index is 1.27. The number of aliphatic hydroxyl groups excluding tert-OH is 1. The molecule has 6 aromatic rings. The number of hydrogen-bond donors (Lipinski definition) is 1. The molecule has 1 aliphatic heterocycles. The lowest BCUT2D eigenvalue weighted by Crippen LogP contribution is -2.29.